The van der Waals surface area contributed by atoms with E-state index in [-0.39, 0.29) is 11.6 Å². The molecule has 2 aromatic carbocycles. The molecular weight excluding hydrogens is 358 g/mol. The van der Waals surface area contributed by atoms with Crippen molar-refractivity contribution >= 4 is 22.5 Å². The lowest BCUT2D eigenvalue weighted by molar-refractivity contribution is -0.694. The van der Waals surface area contributed by atoms with Gasteiger partial charge in [-0.15, -0.1) is 0 Å². The van der Waals surface area contributed by atoms with Gasteiger partial charge in [-0.1, -0.05) is 55.6 Å². The molecule has 0 spiro atoms. The zero-order valence-electron chi connectivity index (χ0n) is 16.0. The van der Waals surface area contributed by atoms with Crippen molar-refractivity contribution in [3.05, 3.63) is 69.7 Å². The third-order valence-electron chi connectivity index (χ3n) is 4.88. The molecule has 2 N–H and O–H groups in total. The van der Waals surface area contributed by atoms with Gasteiger partial charge < -0.3 is 5.32 Å². The van der Waals surface area contributed by atoms with Gasteiger partial charge in [0.2, 0.25) is 0 Å². The first kappa shape index (κ1) is 19.6. The fraction of sp³-hybridized carbons (Fsp3) is 0.364. The average molecular weight is 385 g/mol. The molecule has 4 nitrogen and oxygen atoms in total. The van der Waals surface area contributed by atoms with Crippen LogP contribution in [0.3, 0.4) is 0 Å². The second-order valence-electron chi connectivity index (χ2n) is 6.95. The van der Waals surface area contributed by atoms with Gasteiger partial charge >= 0.3 is 0 Å². The molecule has 0 aliphatic rings. The summed E-state index contributed by atoms with van der Waals surface area (Å²) in [6.07, 6.45) is 4.90. The molecule has 5 heteroatoms. The van der Waals surface area contributed by atoms with E-state index in [1.165, 1.54) is 25.7 Å². The van der Waals surface area contributed by atoms with Crippen molar-refractivity contribution in [2.24, 2.45) is 0 Å². The summed E-state index contributed by atoms with van der Waals surface area (Å²) in [5.41, 5.74) is 1.34. The summed E-state index contributed by atoms with van der Waals surface area (Å²) in [6.45, 7) is 5.34. The van der Waals surface area contributed by atoms with E-state index in [1.807, 2.05) is 42.5 Å². The Bertz CT molecular complexity index is 967. The van der Waals surface area contributed by atoms with Crippen LogP contribution in [-0.2, 0) is 0 Å². The zero-order valence-corrected chi connectivity index (χ0v) is 16.7. The van der Waals surface area contributed by atoms with Gasteiger partial charge in [0, 0.05) is 0 Å². The molecule has 1 heterocycles. The number of nitrogens with zero attached hydrogens (tertiary/aromatic N) is 2. The number of fused-ring (bicyclic) bond motifs is 1. The summed E-state index contributed by atoms with van der Waals surface area (Å²) >= 11 is 6.42. The van der Waals surface area contributed by atoms with Gasteiger partial charge in [-0.2, -0.15) is 0 Å². The summed E-state index contributed by atoms with van der Waals surface area (Å²) in [6, 6.07) is 15.0. The molecule has 0 fully saturated rings. The molecule has 27 heavy (non-hydrogen) atoms. The van der Waals surface area contributed by atoms with Gasteiger partial charge in [-0.3, -0.25) is 9.36 Å². The minimum Gasteiger partial charge on any atom is -0.338 e. The standard InChI is InChI=1S/C22H26ClN3O/c1-3-4-5-10-15-24-16(2)21-25-19-13-8-6-11-17(19)22(27)26(21)20-14-9-7-12-18(20)23/h6-9,11-14,16,24H,3-5,10,15H2,1-2H3/p+1/t16-/m0/s1. The molecule has 0 radical (unpaired) electrons. The van der Waals surface area contributed by atoms with E-state index >= 15 is 0 Å². The number of aromatic nitrogens is 2. The number of unbranched alkanes of at least 4 members (excludes halogenated alkanes) is 3. The molecule has 3 rings (SSSR count). The van der Waals surface area contributed by atoms with Gasteiger partial charge in [0.05, 0.1) is 28.2 Å². The third-order valence-corrected chi connectivity index (χ3v) is 5.20. The molecule has 142 valence electrons. The van der Waals surface area contributed by atoms with Crippen LogP contribution in [0.2, 0.25) is 5.02 Å². The molecular formula is C22H27ClN3O+. The maximum absolute atomic E-state index is 13.3. The highest BCUT2D eigenvalue weighted by atomic mass is 35.5. The molecule has 0 bridgehead atoms. The normalized spacial score (nSPS) is 12.4. The molecule has 0 aliphatic carbocycles. The Morgan fingerprint density at radius 3 is 2.59 bits per heavy atom. The smallest absolute Gasteiger partial charge is 0.266 e. The Balaban J connectivity index is 2.03. The van der Waals surface area contributed by atoms with Crippen LogP contribution in [0.4, 0.5) is 0 Å². The van der Waals surface area contributed by atoms with Crippen LogP contribution in [0.15, 0.2) is 53.3 Å². The average Bonchev–Trinajstić information content (AvgIpc) is 2.68. The quantitative estimate of drug-likeness (QED) is 0.590. The molecule has 1 atom stereocenters. The Kier molecular flexibility index (Phi) is 6.64. The largest absolute Gasteiger partial charge is 0.338 e. The van der Waals surface area contributed by atoms with E-state index in [1.54, 1.807) is 10.6 Å². The highest BCUT2D eigenvalue weighted by Gasteiger charge is 2.21. The number of quaternary nitrogens is 1. The number of nitrogens with two attached hydrogens (primary N) is 1. The minimum atomic E-state index is -0.0741. The number of halogens is 1. The lowest BCUT2D eigenvalue weighted by Gasteiger charge is -2.18. The zero-order chi connectivity index (χ0) is 19.2. The molecule has 3 aromatic rings. The van der Waals surface area contributed by atoms with Gasteiger partial charge in [0.25, 0.3) is 5.56 Å². The first-order valence-corrected chi connectivity index (χ1v) is 10.1. The van der Waals surface area contributed by atoms with Gasteiger partial charge in [-0.05, 0) is 44.0 Å². The van der Waals surface area contributed by atoms with Gasteiger partial charge in [0.15, 0.2) is 5.82 Å². The molecule has 0 amide bonds. The van der Waals surface area contributed by atoms with Crippen molar-refractivity contribution < 1.29 is 5.32 Å². The summed E-state index contributed by atoms with van der Waals surface area (Å²) in [7, 11) is 0. The SMILES string of the molecule is CCCCCC[NH2+][C@@H](C)c1nc2ccccc2c(=O)n1-c1ccccc1Cl. The van der Waals surface area contributed by atoms with E-state index in [0.29, 0.717) is 16.1 Å². The topological polar surface area (TPSA) is 51.5 Å². The number of hydrogen-bond acceptors (Lipinski definition) is 2. The number of rotatable bonds is 8. The van der Waals surface area contributed by atoms with Crippen molar-refractivity contribution in [2.75, 3.05) is 6.54 Å². The van der Waals surface area contributed by atoms with Gasteiger partial charge in [0.1, 0.15) is 6.04 Å². The Morgan fingerprint density at radius 1 is 1.07 bits per heavy atom. The predicted octanol–water partition coefficient (Wildman–Crippen LogP) is 4.24. The van der Waals surface area contributed by atoms with Crippen molar-refractivity contribution in [3.63, 3.8) is 0 Å². The van der Waals surface area contributed by atoms with Crippen LogP contribution in [0.5, 0.6) is 0 Å². The summed E-state index contributed by atoms with van der Waals surface area (Å²) in [4.78, 5) is 18.1. The van der Waals surface area contributed by atoms with Crippen molar-refractivity contribution in [2.45, 2.75) is 45.6 Å². The molecule has 0 aliphatic heterocycles. The lowest BCUT2D eigenvalue weighted by atomic mass is 10.2. The first-order chi connectivity index (χ1) is 13.1. The maximum atomic E-state index is 13.3. The summed E-state index contributed by atoms with van der Waals surface area (Å²) in [5, 5.41) is 3.42. The van der Waals surface area contributed by atoms with Crippen LogP contribution in [0, 0.1) is 0 Å². The number of benzene rings is 2. The van der Waals surface area contributed by atoms with E-state index in [0.717, 1.165) is 17.9 Å². The van der Waals surface area contributed by atoms with Gasteiger partial charge in [-0.25, -0.2) is 4.98 Å². The second kappa shape index (κ2) is 9.16. The van der Waals surface area contributed by atoms with E-state index in [9.17, 15) is 4.79 Å². The van der Waals surface area contributed by atoms with Crippen molar-refractivity contribution in [3.8, 4) is 5.69 Å². The molecule has 0 unspecified atom stereocenters. The highest BCUT2D eigenvalue weighted by molar-refractivity contribution is 6.32. The van der Waals surface area contributed by atoms with E-state index < -0.39 is 0 Å². The van der Waals surface area contributed by atoms with Crippen molar-refractivity contribution in [1.82, 2.24) is 9.55 Å². The van der Waals surface area contributed by atoms with Crippen LogP contribution in [0.25, 0.3) is 16.6 Å². The molecule has 0 saturated carbocycles. The third kappa shape index (κ3) is 4.40. The second-order valence-corrected chi connectivity index (χ2v) is 7.36. The number of hydrogen-bond donors (Lipinski definition) is 1. The lowest BCUT2D eigenvalue weighted by Crippen LogP contribution is -2.85. The molecule has 0 saturated heterocycles. The Morgan fingerprint density at radius 2 is 1.81 bits per heavy atom. The van der Waals surface area contributed by atoms with Crippen LogP contribution in [-0.4, -0.2) is 16.1 Å². The van der Waals surface area contributed by atoms with Crippen LogP contribution in [0.1, 0.15) is 51.4 Å². The monoisotopic (exact) mass is 384 g/mol. The summed E-state index contributed by atoms with van der Waals surface area (Å²) in [5.74, 6) is 0.738. The summed E-state index contributed by atoms with van der Waals surface area (Å²) < 4.78 is 1.68. The predicted molar refractivity (Wildman–Crippen MR) is 112 cm³/mol. The minimum absolute atomic E-state index is 0.0557. The Labute approximate surface area is 165 Å². The van der Waals surface area contributed by atoms with E-state index in [2.05, 4.69) is 19.2 Å². The van der Waals surface area contributed by atoms with E-state index in [4.69, 9.17) is 16.6 Å². The molecule has 1 aromatic heterocycles. The van der Waals surface area contributed by atoms with Crippen molar-refractivity contribution in [1.29, 1.82) is 0 Å². The Hall–Kier alpha value is -2.17. The fourth-order valence-electron chi connectivity index (χ4n) is 3.37. The number of para-hydroxylation sites is 2. The highest BCUT2D eigenvalue weighted by Crippen LogP contribution is 2.22. The van der Waals surface area contributed by atoms with Crippen LogP contribution >= 0.6 is 11.6 Å². The fourth-order valence-corrected chi connectivity index (χ4v) is 3.59. The van der Waals surface area contributed by atoms with Crippen LogP contribution < -0.4 is 10.9 Å². The first-order valence-electron chi connectivity index (χ1n) is 9.73. The maximum Gasteiger partial charge on any atom is 0.266 e.